The van der Waals surface area contributed by atoms with Crippen LogP contribution in [0.2, 0.25) is 0 Å². The largest absolute Gasteiger partial charge is 0.339 e. The minimum atomic E-state index is -0.661. The van der Waals surface area contributed by atoms with Gasteiger partial charge in [0.25, 0.3) is 5.91 Å². The molecule has 1 unspecified atom stereocenters. The Bertz CT molecular complexity index is 1200. The van der Waals surface area contributed by atoms with Gasteiger partial charge in [0, 0.05) is 24.5 Å². The van der Waals surface area contributed by atoms with Gasteiger partial charge in [0.2, 0.25) is 5.91 Å². The zero-order valence-corrected chi connectivity index (χ0v) is 20.8. The first-order chi connectivity index (χ1) is 16.8. The fourth-order valence-corrected chi connectivity index (χ4v) is 5.55. The molecule has 2 N–H and O–H groups in total. The molecule has 2 saturated carbocycles. The second-order valence-corrected chi connectivity index (χ2v) is 10.5. The summed E-state index contributed by atoms with van der Waals surface area (Å²) in [5.74, 6) is 0.335. The second kappa shape index (κ2) is 9.02. The van der Waals surface area contributed by atoms with Crippen molar-refractivity contribution in [3.8, 4) is 0 Å². The zero-order chi connectivity index (χ0) is 24.7. The van der Waals surface area contributed by atoms with Crippen molar-refractivity contribution in [1.29, 1.82) is 0 Å². The molecule has 3 aliphatic rings. The first-order valence-electron chi connectivity index (χ1n) is 12.4. The molecule has 0 bridgehead atoms. The number of allylic oxidation sites excluding steroid dienone is 1. The van der Waals surface area contributed by atoms with Crippen LogP contribution in [0.15, 0.2) is 35.0 Å². The number of nitrogens with one attached hydrogen (secondary N) is 2. The molecule has 0 aromatic carbocycles. The van der Waals surface area contributed by atoms with Gasteiger partial charge in [-0.15, -0.1) is 10.2 Å². The Balaban J connectivity index is 1.38. The lowest BCUT2D eigenvalue weighted by atomic mass is 9.66. The number of hydrogen-bond acceptors (Lipinski definition) is 6. The van der Waals surface area contributed by atoms with Crippen molar-refractivity contribution in [3.63, 3.8) is 0 Å². The van der Waals surface area contributed by atoms with E-state index < -0.39 is 6.04 Å². The number of aromatic nitrogens is 4. The van der Waals surface area contributed by atoms with Crippen LogP contribution in [0.3, 0.4) is 0 Å². The van der Waals surface area contributed by atoms with Crippen molar-refractivity contribution in [3.05, 3.63) is 41.4 Å². The highest BCUT2D eigenvalue weighted by Gasteiger charge is 2.54. The molecule has 0 saturated heterocycles. The van der Waals surface area contributed by atoms with Crippen molar-refractivity contribution in [2.75, 3.05) is 11.9 Å². The summed E-state index contributed by atoms with van der Waals surface area (Å²) in [6.07, 6.45) is 7.09. The number of rotatable bonds is 8. The summed E-state index contributed by atoms with van der Waals surface area (Å²) in [6, 6.07) is 4.63. The number of aryl methyl sites for hydroxylation is 1. The number of hydrogen-bond donors (Lipinski definition) is 2. The summed E-state index contributed by atoms with van der Waals surface area (Å²) >= 11 is 0. The Morgan fingerprint density at radius 2 is 1.91 bits per heavy atom. The van der Waals surface area contributed by atoms with Gasteiger partial charge >= 0.3 is 0 Å². The third-order valence-electron chi connectivity index (χ3n) is 8.00. The maximum absolute atomic E-state index is 13.7. The normalized spacial score (nSPS) is 20.6. The number of carbonyl (C=O) groups is 2. The Labute approximate surface area is 205 Å². The monoisotopic (exact) mass is 475 g/mol. The maximum atomic E-state index is 13.7. The molecule has 5 rings (SSSR count). The van der Waals surface area contributed by atoms with E-state index in [0.29, 0.717) is 24.0 Å². The summed E-state index contributed by atoms with van der Waals surface area (Å²) < 4.78 is 1.52. The topological polar surface area (TPSA) is 114 Å². The van der Waals surface area contributed by atoms with Gasteiger partial charge in [-0.1, -0.05) is 26.2 Å². The minimum Gasteiger partial charge on any atom is -0.339 e. The summed E-state index contributed by atoms with van der Waals surface area (Å²) in [7, 11) is 1.72. The van der Waals surface area contributed by atoms with Gasteiger partial charge in [-0.25, -0.2) is 0 Å². The molecule has 1 aliphatic heterocycles. The highest BCUT2D eigenvalue weighted by molar-refractivity contribution is 6.24. The molecule has 2 aromatic rings. The molecular formula is C26H33N7O2. The maximum Gasteiger partial charge on any atom is 0.270 e. The van der Waals surface area contributed by atoms with Gasteiger partial charge in [-0.3, -0.25) is 19.3 Å². The van der Waals surface area contributed by atoms with Crippen LogP contribution in [0, 0.1) is 17.3 Å². The van der Waals surface area contributed by atoms with E-state index in [-0.39, 0.29) is 23.1 Å². The number of anilines is 1. The molecule has 2 fully saturated rings. The van der Waals surface area contributed by atoms with E-state index in [1.165, 1.54) is 11.1 Å². The second-order valence-electron chi connectivity index (χ2n) is 10.5. The molecule has 9 nitrogen and oxygen atoms in total. The Kier molecular flexibility index (Phi) is 6.02. The summed E-state index contributed by atoms with van der Waals surface area (Å²) in [4.78, 5) is 31.3. The summed E-state index contributed by atoms with van der Waals surface area (Å²) in [5.41, 5.74) is 4.37. The molecule has 2 aliphatic carbocycles. The van der Waals surface area contributed by atoms with Crippen LogP contribution in [0.25, 0.3) is 5.57 Å². The lowest BCUT2D eigenvalue weighted by Gasteiger charge is -2.42. The number of amides is 2. The molecule has 0 radical (unpaired) electrons. The highest BCUT2D eigenvalue weighted by atomic mass is 16.2. The van der Waals surface area contributed by atoms with E-state index in [1.807, 2.05) is 19.9 Å². The Morgan fingerprint density at radius 1 is 1.14 bits per heavy atom. The third-order valence-corrected chi connectivity index (χ3v) is 8.00. The predicted octanol–water partition coefficient (Wildman–Crippen LogP) is 3.41. The van der Waals surface area contributed by atoms with Crippen LogP contribution in [-0.4, -0.2) is 50.1 Å². The Morgan fingerprint density at radius 3 is 2.43 bits per heavy atom. The van der Waals surface area contributed by atoms with E-state index >= 15 is 0 Å². The van der Waals surface area contributed by atoms with E-state index in [0.717, 1.165) is 48.2 Å². The fourth-order valence-electron chi connectivity index (χ4n) is 5.55. The van der Waals surface area contributed by atoms with E-state index in [1.54, 1.807) is 25.4 Å². The molecule has 3 heterocycles. The summed E-state index contributed by atoms with van der Waals surface area (Å²) in [5, 5.41) is 18.7. The predicted molar refractivity (Wildman–Crippen MR) is 134 cm³/mol. The van der Waals surface area contributed by atoms with Crippen LogP contribution >= 0.6 is 0 Å². The molecule has 9 heteroatoms. The molecule has 35 heavy (non-hydrogen) atoms. The number of carbonyl (C=O) groups excluding carboxylic acids is 2. The van der Waals surface area contributed by atoms with Crippen LogP contribution in [0.1, 0.15) is 69.1 Å². The first kappa shape index (κ1) is 23.4. The van der Waals surface area contributed by atoms with Crippen molar-refractivity contribution in [1.82, 2.24) is 25.3 Å². The van der Waals surface area contributed by atoms with Gasteiger partial charge in [0.15, 0.2) is 5.82 Å². The molecule has 2 atom stereocenters. The third kappa shape index (κ3) is 4.51. The van der Waals surface area contributed by atoms with Gasteiger partial charge in [-0.2, -0.15) is 5.10 Å². The lowest BCUT2D eigenvalue weighted by molar-refractivity contribution is -0.121. The molecule has 184 valence electrons. The van der Waals surface area contributed by atoms with Crippen LogP contribution in [-0.2, 0) is 11.8 Å². The highest BCUT2D eigenvalue weighted by Crippen LogP contribution is 2.58. The van der Waals surface area contributed by atoms with Gasteiger partial charge in [0.05, 0.1) is 12.2 Å². The minimum absolute atomic E-state index is 0.0612. The van der Waals surface area contributed by atoms with Gasteiger partial charge in [0.1, 0.15) is 11.7 Å². The lowest BCUT2D eigenvalue weighted by Crippen LogP contribution is -2.54. The molecule has 2 aromatic heterocycles. The number of nitrogens with zero attached hydrogens (tertiary/aromatic N) is 5. The van der Waals surface area contributed by atoms with Crippen molar-refractivity contribution in [2.24, 2.45) is 29.3 Å². The molecule has 0 spiro atoms. The van der Waals surface area contributed by atoms with Crippen LogP contribution in [0.5, 0.6) is 0 Å². The van der Waals surface area contributed by atoms with E-state index in [2.05, 4.69) is 37.8 Å². The van der Waals surface area contributed by atoms with E-state index in [9.17, 15) is 9.59 Å². The zero-order valence-electron chi connectivity index (χ0n) is 20.8. The van der Waals surface area contributed by atoms with Gasteiger partial charge in [-0.05, 0) is 67.7 Å². The molecular weight excluding hydrogens is 442 g/mol. The molecule has 2 amide bonds. The van der Waals surface area contributed by atoms with Gasteiger partial charge < -0.3 is 10.6 Å². The first-order valence-corrected chi connectivity index (χ1v) is 12.4. The fraction of sp³-hybridized carbons (Fsp3) is 0.538. The average Bonchev–Trinajstić information content (AvgIpc) is 3.23. The quantitative estimate of drug-likeness (QED) is 0.607. The SMILES string of the molecule is CC1=NCC(C)=C1c1ccc(NC(=O)[C@@H](NC(=O)c2ccnn2C)C(C2CCC2)C2(C)CC2)nn1. The van der Waals surface area contributed by atoms with Crippen LogP contribution in [0.4, 0.5) is 5.82 Å². The van der Waals surface area contributed by atoms with Crippen molar-refractivity contribution >= 4 is 28.9 Å². The van der Waals surface area contributed by atoms with Crippen molar-refractivity contribution < 1.29 is 9.59 Å². The standard InChI is InChI=1S/C26H33N7O2/c1-15-14-27-16(2)21(15)18-8-9-20(32-31-18)29-25(35)23(30-24(34)19-10-13-28-33(19)4)22(17-6-5-7-17)26(3)11-12-26/h8-10,13,17,22-23H,5-7,11-12,14H2,1-4H3,(H,30,34)(H,29,32,35)/t22?,23-/m0/s1. The van der Waals surface area contributed by atoms with Crippen molar-refractivity contribution in [2.45, 2.75) is 58.9 Å². The number of aliphatic imine (C=N–C) groups is 1. The smallest absolute Gasteiger partial charge is 0.270 e. The average molecular weight is 476 g/mol. The van der Waals surface area contributed by atoms with E-state index in [4.69, 9.17) is 0 Å². The Hall–Kier alpha value is -3.36. The van der Waals surface area contributed by atoms with Crippen LogP contribution < -0.4 is 10.6 Å². The summed E-state index contributed by atoms with van der Waals surface area (Å²) in [6.45, 7) is 6.93.